The Labute approximate surface area is 159 Å². The molecule has 0 amide bonds. The SMILES string of the molecule is O=[N+]([O-])c1ccc(N2CC[NH+](CCO)CC2)cc1NCCc1ccccc1. The molecule has 144 valence electrons. The number of piperazine rings is 1. The first-order valence-electron chi connectivity index (χ1n) is 9.43. The Morgan fingerprint density at radius 1 is 1.15 bits per heavy atom. The molecule has 1 aliphatic heterocycles. The number of nitrogens with one attached hydrogen (secondary N) is 2. The van der Waals surface area contributed by atoms with Crippen LogP contribution in [0.25, 0.3) is 0 Å². The van der Waals surface area contributed by atoms with Crippen LogP contribution in [0, 0.1) is 10.1 Å². The molecule has 2 aromatic rings. The highest BCUT2D eigenvalue weighted by molar-refractivity contribution is 5.69. The number of benzene rings is 2. The molecule has 0 spiro atoms. The molecule has 0 atom stereocenters. The van der Waals surface area contributed by atoms with Gasteiger partial charge in [-0.1, -0.05) is 30.3 Å². The van der Waals surface area contributed by atoms with Crippen molar-refractivity contribution in [2.45, 2.75) is 6.42 Å². The normalized spacial score (nSPS) is 14.9. The smallest absolute Gasteiger partial charge is 0.292 e. The molecule has 3 N–H and O–H groups in total. The third kappa shape index (κ3) is 5.18. The van der Waals surface area contributed by atoms with E-state index in [0.717, 1.165) is 44.8 Å². The molecule has 0 saturated carbocycles. The van der Waals surface area contributed by atoms with Crippen LogP contribution in [-0.4, -0.2) is 55.9 Å². The first-order chi connectivity index (χ1) is 13.2. The van der Waals surface area contributed by atoms with Gasteiger partial charge in [-0.25, -0.2) is 0 Å². The third-order valence-electron chi connectivity index (χ3n) is 5.05. The van der Waals surface area contributed by atoms with E-state index in [0.29, 0.717) is 12.2 Å². The van der Waals surface area contributed by atoms with Crippen LogP contribution in [0.3, 0.4) is 0 Å². The maximum absolute atomic E-state index is 11.4. The largest absolute Gasteiger partial charge is 0.391 e. The maximum atomic E-state index is 11.4. The minimum absolute atomic E-state index is 0.108. The van der Waals surface area contributed by atoms with E-state index in [1.165, 1.54) is 10.5 Å². The summed E-state index contributed by atoms with van der Waals surface area (Å²) >= 11 is 0. The van der Waals surface area contributed by atoms with Crippen molar-refractivity contribution in [3.8, 4) is 0 Å². The predicted octanol–water partition coefficient (Wildman–Crippen LogP) is 0.947. The summed E-state index contributed by atoms with van der Waals surface area (Å²) in [6.07, 6.45) is 0.811. The topological polar surface area (TPSA) is 83.1 Å². The quantitative estimate of drug-likeness (QED) is 0.475. The Hall–Kier alpha value is -2.64. The van der Waals surface area contributed by atoms with Gasteiger partial charge in [-0.3, -0.25) is 10.1 Å². The van der Waals surface area contributed by atoms with Gasteiger partial charge in [-0.2, -0.15) is 0 Å². The number of nitro groups is 1. The summed E-state index contributed by atoms with van der Waals surface area (Å²) in [7, 11) is 0. The second kappa shape index (κ2) is 9.34. The monoisotopic (exact) mass is 371 g/mol. The van der Waals surface area contributed by atoms with E-state index in [2.05, 4.69) is 22.3 Å². The van der Waals surface area contributed by atoms with Crippen LogP contribution >= 0.6 is 0 Å². The number of nitro benzene ring substituents is 1. The number of nitrogens with zero attached hydrogens (tertiary/aromatic N) is 2. The fourth-order valence-electron chi connectivity index (χ4n) is 3.50. The number of quaternary nitrogens is 1. The molecule has 1 saturated heterocycles. The van der Waals surface area contributed by atoms with Gasteiger partial charge in [0.2, 0.25) is 0 Å². The second-order valence-electron chi connectivity index (χ2n) is 6.83. The summed E-state index contributed by atoms with van der Waals surface area (Å²) in [6.45, 7) is 5.33. The van der Waals surface area contributed by atoms with Crippen LogP contribution in [0.2, 0.25) is 0 Å². The molecule has 0 unspecified atom stereocenters. The van der Waals surface area contributed by atoms with Crippen LogP contribution in [0.4, 0.5) is 17.1 Å². The fraction of sp³-hybridized carbons (Fsp3) is 0.400. The zero-order chi connectivity index (χ0) is 19.1. The van der Waals surface area contributed by atoms with E-state index in [1.807, 2.05) is 30.3 Å². The molecule has 0 bridgehead atoms. The number of aliphatic hydroxyl groups excluding tert-OH is 1. The van der Waals surface area contributed by atoms with Gasteiger partial charge in [0, 0.05) is 18.3 Å². The average Bonchev–Trinajstić information content (AvgIpc) is 2.69. The molecule has 0 aliphatic carbocycles. The fourth-order valence-corrected chi connectivity index (χ4v) is 3.50. The first-order valence-corrected chi connectivity index (χ1v) is 9.43. The molecule has 2 aromatic carbocycles. The molecule has 1 aliphatic rings. The zero-order valence-corrected chi connectivity index (χ0v) is 15.4. The molecule has 1 heterocycles. The summed E-state index contributed by atoms with van der Waals surface area (Å²) in [4.78, 5) is 14.7. The lowest BCUT2D eigenvalue weighted by Crippen LogP contribution is -3.15. The van der Waals surface area contributed by atoms with Crippen LogP contribution in [-0.2, 0) is 6.42 Å². The molecular formula is C20H27N4O3+. The highest BCUT2D eigenvalue weighted by Crippen LogP contribution is 2.29. The van der Waals surface area contributed by atoms with Crippen LogP contribution in [0.1, 0.15) is 5.56 Å². The standard InChI is InChI=1S/C20H26N4O3/c25-15-14-22-10-12-23(13-11-22)18-6-7-20(24(26)27)19(16-18)21-9-8-17-4-2-1-3-5-17/h1-7,16,21,25H,8-15H2/p+1. The Morgan fingerprint density at radius 2 is 1.89 bits per heavy atom. The highest BCUT2D eigenvalue weighted by Gasteiger charge is 2.22. The van der Waals surface area contributed by atoms with Gasteiger partial charge in [-0.15, -0.1) is 0 Å². The third-order valence-corrected chi connectivity index (χ3v) is 5.05. The summed E-state index contributed by atoms with van der Waals surface area (Å²) in [5.41, 5.74) is 2.88. The number of hydrogen-bond donors (Lipinski definition) is 3. The zero-order valence-electron chi connectivity index (χ0n) is 15.4. The summed E-state index contributed by atoms with van der Waals surface area (Å²) in [5.74, 6) is 0. The lowest BCUT2D eigenvalue weighted by molar-refractivity contribution is -0.900. The van der Waals surface area contributed by atoms with Gasteiger partial charge < -0.3 is 20.2 Å². The van der Waals surface area contributed by atoms with Crippen molar-refractivity contribution in [2.24, 2.45) is 0 Å². The van der Waals surface area contributed by atoms with Gasteiger partial charge in [0.15, 0.2) is 0 Å². The Morgan fingerprint density at radius 3 is 2.56 bits per heavy atom. The predicted molar refractivity (Wildman–Crippen MR) is 107 cm³/mol. The number of anilines is 2. The van der Waals surface area contributed by atoms with Gasteiger partial charge in [0.05, 0.1) is 37.7 Å². The van der Waals surface area contributed by atoms with E-state index < -0.39 is 0 Å². The first kappa shape index (κ1) is 19.1. The number of hydrogen-bond acceptors (Lipinski definition) is 5. The molecule has 3 rings (SSSR count). The minimum Gasteiger partial charge on any atom is -0.391 e. The average molecular weight is 371 g/mol. The number of rotatable bonds is 8. The van der Waals surface area contributed by atoms with Crippen molar-refractivity contribution in [1.29, 1.82) is 0 Å². The van der Waals surface area contributed by atoms with E-state index in [-0.39, 0.29) is 17.2 Å². The molecule has 27 heavy (non-hydrogen) atoms. The van der Waals surface area contributed by atoms with Gasteiger partial charge in [0.25, 0.3) is 5.69 Å². The lowest BCUT2D eigenvalue weighted by atomic mass is 10.1. The van der Waals surface area contributed by atoms with E-state index in [4.69, 9.17) is 5.11 Å². The highest BCUT2D eigenvalue weighted by atomic mass is 16.6. The molecule has 0 aromatic heterocycles. The van der Waals surface area contributed by atoms with Crippen LogP contribution < -0.4 is 15.1 Å². The lowest BCUT2D eigenvalue weighted by Gasteiger charge is -2.33. The Bertz CT molecular complexity index is 746. The van der Waals surface area contributed by atoms with Crippen molar-refractivity contribution in [3.63, 3.8) is 0 Å². The molecule has 7 heteroatoms. The van der Waals surface area contributed by atoms with Crippen molar-refractivity contribution in [3.05, 3.63) is 64.2 Å². The van der Waals surface area contributed by atoms with E-state index >= 15 is 0 Å². The van der Waals surface area contributed by atoms with E-state index in [9.17, 15) is 10.1 Å². The van der Waals surface area contributed by atoms with Crippen molar-refractivity contribution in [1.82, 2.24) is 0 Å². The van der Waals surface area contributed by atoms with Gasteiger partial charge >= 0.3 is 0 Å². The van der Waals surface area contributed by atoms with Gasteiger partial charge in [0.1, 0.15) is 12.2 Å². The summed E-state index contributed by atoms with van der Waals surface area (Å²) in [6, 6.07) is 15.4. The minimum atomic E-state index is -0.335. The Kier molecular flexibility index (Phi) is 6.62. The second-order valence-corrected chi connectivity index (χ2v) is 6.83. The molecule has 1 fully saturated rings. The Balaban J connectivity index is 1.66. The summed E-state index contributed by atoms with van der Waals surface area (Å²) < 4.78 is 0. The van der Waals surface area contributed by atoms with Crippen LogP contribution in [0.5, 0.6) is 0 Å². The molecular weight excluding hydrogens is 344 g/mol. The van der Waals surface area contributed by atoms with Crippen molar-refractivity contribution >= 4 is 17.1 Å². The maximum Gasteiger partial charge on any atom is 0.292 e. The molecule has 0 radical (unpaired) electrons. The molecule has 7 nitrogen and oxygen atoms in total. The summed E-state index contributed by atoms with van der Waals surface area (Å²) in [5, 5.41) is 23.7. The van der Waals surface area contributed by atoms with E-state index in [1.54, 1.807) is 6.07 Å². The van der Waals surface area contributed by atoms with Crippen LogP contribution in [0.15, 0.2) is 48.5 Å². The van der Waals surface area contributed by atoms with Gasteiger partial charge in [-0.05, 0) is 24.1 Å². The van der Waals surface area contributed by atoms with Crippen molar-refractivity contribution < 1.29 is 14.9 Å². The van der Waals surface area contributed by atoms with Crippen molar-refractivity contribution in [2.75, 3.05) is 56.1 Å². The number of aliphatic hydroxyl groups is 1.